The fourth-order valence-corrected chi connectivity index (χ4v) is 0.333. The minimum absolute atomic E-state index is 0.639. The molecule has 0 spiro atoms. The smallest absolute Gasteiger partial charge is 0.122 e. The van der Waals surface area contributed by atoms with Gasteiger partial charge in [0.15, 0.2) is 0 Å². The van der Waals surface area contributed by atoms with E-state index in [0.29, 0.717) is 5.82 Å². The van der Waals surface area contributed by atoms with E-state index in [0.717, 1.165) is 0 Å². The molecule has 3 heteroatoms. The molecule has 1 rings (SSSR count). The molecule has 0 amide bonds. The van der Waals surface area contributed by atoms with E-state index in [-0.39, 0.29) is 0 Å². The first-order chi connectivity index (χ1) is 3.30. The predicted octanol–water partition coefficient (Wildman–Crippen LogP) is -0.198. The molecule has 1 radical (unpaired) electrons. The lowest BCUT2D eigenvalue weighted by atomic mass is 10.7. The summed E-state index contributed by atoms with van der Waals surface area (Å²) in [7, 11) is 1.77. The van der Waals surface area contributed by atoms with Crippen molar-refractivity contribution in [2.24, 2.45) is 7.05 Å². The second-order valence-electron chi connectivity index (χ2n) is 1.32. The van der Waals surface area contributed by atoms with Crippen LogP contribution < -0.4 is 5.73 Å². The molecule has 0 saturated carbocycles. The maximum absolute atomic E-state index is 5.31. The Balaban J connectivity index is 3.12. The highest BCUT2D eigenvalue weighted by Crippen LogP contribution is 1.92. The molecule has 37 valence electrons. The summed E-state index contributed by atoms with van der Waals surface area (Å²) in [6.07, 6.45) is 2.59. The summed E-state index contributed by atoms with van der Waals surface area (Å²) >= 11 is 0. The van der Waals surface area contributed by atoms with E-state index in [2.05, 4.69) is 11.3 Å². The number of hydrogen-bond donors (Lipinski definition) is 1. The average Bonchev–Trinajstić information content (AvgIpc) is 1.91. The molecule has 1 aromatic heterocycles. The lowest BCUT2D eigenvalue weighted by Gasteiger charge is -1.87. The zero-order chi connectivity index (χ0) is 5.28. The Morgan fingerprint density at radius 3 is 2.86 bits per heavy atom. The zero-order valence-electron chi connectivity index (χ0n) is 4.05. The van der Waals surface area contributed by atoms with Gasteiger partial charge in [0.2, 0.25) is 0 Å². The molecule has 0 saturated heterocycles. The molecule has 0 fully saturated rings. The van der Waals surface area contributed by atoms with Crippen LogP contribution in [0.3, 0.4) is 0 Å². The van der Waals surface area contributed by atoms with Crippen LogP contribution in [0.5, 0.6) is 0 Å². The van der Waals surface area contributed by atoms with Crippen molar-refractivity contribution in [2.45, 2.75) is 0 Å². The third-order valence-corrected chi connectivity index (χ3v) is 0.794. The molecule has 0 aliphatic heterocycles. The summed E-state index contributed by atoms with van der Waals surface area (Å²) in [5.74, 6) is 0.639. The Morgan fingerprint density at radius 2 is 2.71 bits per heavy atom. The van der Waals surface area contributed by atoms with Crippen LogP contribution in [-0.4, -0.2) is 9.78 Å². The van der Waals surface area contributed by atoms with Gasteiger partial charge in [0, 0.05) is 13.1 Å². The van der Waals surface area contributed by atoms with Crippen LogP contribution in [0.25, 0.3) is 0 Å². The van der Waals surface area contributed by atoms with E-state index in [1.807, 2.05) is 0 Å². The van der Waals surface area contributed by atoms with Crippen LogP contribution in [0.4, 0.5) is 5.82 Å². The summed E-state index contributed by atoms with van der Waals surface area (Å²) in [5, 5.41) is 3.68. The monoisotopic (exact) mass is 96.1 g/mol. The van der Waals surface area contributed by atoms with Gasteiger partial charge >= 0.3 is 0 Å². The number of nitrogen functional groups attached to an aromatic ring is 1. The first-order valence-corrected chi connectivity index (χ1v) is 1.96. The second-order valence-corrected chi connectivity index (χ2v) is 1.32. The number of aromatic nitrogens is 2. The van der Waals surface area contributed by atoms with Gasteiger partial charge < -0.3 is 5.73 Å². The van der Waals surface area contributed by atoms with Crippen molar-refractivity contribution in [2.75, 3.05) is 5.73 Å². The topological polar surface area (TPSA) is 43.8 Å². The maximum Gasteiger partial charge on any atom is 0.122 e. The number of rotatable bonds is 0. The number of aryl methyl sites for hydroxylation is 1. The summed E-state index contributed by atoms with van der Waals surface area (Å²) in [6, 6.07) is 1.62. The molecule has 7 heavy (non-hydrogen) atoms. The van der Waals surface area contributed by atoms with Crippen LogP contribution in [0.15, 0.2) is 6.07 Å². The summed E-state index contributed by atoms with van der Waals surface area (Å²) in [5.41, 5.74) is 5.31. The van der Waals surface area contributed by atoms with Crippen LogP contribution in [-0.2, 0) is 7.05 Å². The van der Waals surface area contributed by atoms with Crippen molar-refractivity contribution in [3.63, 3.8) is 0 Å². The molecule has 0 aliphatic carbocycles. The largest absolute Gasteiger partial charge is 0.384 e. The van der Waals surface area contributed by atoms with Gasteiger partial charge in [0.25, 0.3) is 0 Å². The van der Waals surface area contributed by atoms with Gasteiger partial charge in [-0.3, -0.25) is 4.68 Å². The van der Waals surface area contributed by atoms with Gasteiger partial charge in [-0.05, 0) is 0 Å². The third kappa shape index (κ3) is 0.559. The molecule has 0 unspecified atom stereocenters. The second kappa shape index (κ2) is 1.26. The van der Waals surface area contributed by atoms with Gasteiger partial charge in [-0.1, -0.05) is 0 Å². The predicted molar refractivity (Wildman–Crippen MR) is 26.5 cm³/mol. The Morgan fingerprint density at radius 1 is 2.00 bits per heavy atom. The minimum Gasteiger partial charge on any atom is -0.384 e. The zero-order valence-corrected chi connectivity index (χ0v) is 4.05. The number of anilines is 1. The van der Waals surface area contributed by atoms with Gasteiger partial charge in [-0.2, -0.15) is 5.10 Å². The minimum atomic E-state index is 0.639. The molecule has 1 aromatic rings. The van der Waals surface area contributed by atoms with Crippen molar-refractivity contribution in [1.82, 2.24) is 9.78 Å². The summed E-state index contributed by atoms with van der Waals surface area (Å²) < 4.78 is 1.56. The van der Waals surface area contributed by atoms with E-state index in [9.17, 15) is 0 Å². The molecule has 1 heterocycles. The highest BCUT2D eigenvalue weighted by molar-refractivity contribution is 5.24. The lowest BCUT2D eigenvalue weighted by molar-refractivity contribution is 0.776. The van der Waals surface area contributed by atoms with Gasteiger partial charge in [0.05, 0.1) is 0 Å². The number of nitrogens with zero attached hydrogens (tertiary/aromatic N) is 2. The van der Waals surface area contributed by atoms with E-state index >= 15 is 0 Å². The molecule has 0 atom stereocenters. The fourth-order valence-electron chi connectivity index (χ4n) is 0.333. The van der Waals surface area contributed by atoms with Gasteiger partial charge in [-0.25, -0.2) is 0 Å². The van der Waals surface area contributed by atoms with E-state index in [4.69, 9.17) is 5.73 Å². The van der Waals surface area contributed by atoms with Crippen molar-refractivity contribution in [1.29, 1.82) is 0 Å². The van der Waals surface area contributed by atoms with Crippen molar-refractivity contribution >= 4 is 5.82 Å². The summed E-state index contributed by atoms with van der Waals surface area (Å²) in [4.78, 5) is 0. The highest BCUT2D eigenvalue weighted by Gasteiger charge is 1.85. The van der Waals surface area contributed by atoms with Crippen LogP contribution in [0.1, 0.15) is 0 Å². The molecule has 0 aromatic carbocycles. The molecular weight excluding hydrogens is 90.1 g/mol. The van der Waals surface area contributed by atoms with Crippen molar-refractivity contribution in [3.05, 3.63) is 12.3 Å². The SMILES string of the molecule is Cn1n[c]cc1N. The van der Waals surface area contributed by atoms with Crippen molar-refractivity contribution in [3.8, 4) is 0 Å². The van der Waals surface area contributed by atoms with Crippen LogP contribution in [0.2, 0.25) is 0 Å². The molecular formula is C4H6N3. The highest BCUT2D eigenvalue weighted by atomic mass is 15.3. The quantitative estimate of drug-likeness (QED) is 0.486. The Labute approximate surface area is 41.7 Å². The number of hydrogen-bond acceptors (Lipinski definition) is 2. The Bertz CT molecular complexity index is 139. The average molecular weight is 96.1 g/mol. The standard InChI is InChI=1S/C4H6N3/c1-7-4(5)2-3-6-7/h2H,5H2,1H3. The molecule has 3 nitrogen and oxygen atoms in total. The fraction of sp³-hybridized carbons (Fsp3) is 0.250. The Kier molecular flexibility index (Phi) is 0.749. The third-order valence-electron chi connectivity index (χ3n) is 0.794. The lowest BCUT2D eigenvalue weighted by Crippen LogP contribution is -1.95. The van der Waals surface area contributed by atoms with Gasteiger partial charge in [-0.15, -0.1) is 0 Å². The Hall–Kier alpha value is -0.990. The maximum atomic E-state index is 5.31. The molecule has 2 N–H and O–H groups in total. The first-order valence-electron chi connectivity index (χ1n) is 1.96. The van der Waals surface area contributed by atoms with Crippen LogP contribution in [0, 0.1) is 6.20 Å². The first kappa shape index (κ1) is 4.18. The normalized spacial score (nSPS) is 9.29. The van der Waals surface area contributed by atoms with E-state index in [1.54, 1.807) is 17.8 Å². The molecule has 0 bridgehead atoms. The van der Waals surface area contributed by atoms with E-state index < -0.39 is 0 Å². The summed E-state index contributed by atoms with van der Waals surface area (Å²) in [6.45, 7) is 0. The number of nitrogens with two attached hydrogens (primary N) is 1. The van der Waals surface area contributed by atoms with Gasteiger partial charge in [0.1, 0.15) is 12.0 Å². The molecule has 0 aliphatic rings. The van der Waals surface area contributed by atoms with Crippen LogP contribution >= 0.6 is 0 Å². The van der Waals surface area contributed by atoms with Crippen molar-refractivity contribution < 1.29 is 0 Å². The van der Waals surface area contributed by atoms with E-state index in [1.165, 1.54) is 0 Å².